The highest BCUT2D eigenvalue weighted by Crippen LogP contribution is 2.04. The van der Waals surface area contributed by atoms with Gasteiger partial charge in [0.15, 0.2) is 0 Å². The molecule has 0 bridgehead atoms. The van der Waals surface area contributed by atoms with Crippen LogP contribution in [0.1, 0.15) is 47.5 Å². The predicted molar refractivity (Wildman–Crippen MR) is 62.1 cm³/mol. The summed E-state index contributed by atoms with van der Waals surface area (Å²) >= 11 is 0. The number of primary amides is 1. The van der Waals surface area contributed by atoms with Crippen LogP contribution in [0.4, 0.5) is 4.79 Å². The van der Waals surface area contributed by atoms with Crippen LogP contribution in [0.25, 0.3) is 0 Å². The molecule has 96 valence electrons. The first-order chi connectivity index (χ1) is 7.04. The number of carbonyl (C=O) groups excluding carboxylic acids is 1. The van der Waals surface area contributed by atoms with Gasteiger partial charge in [-0.25, -0.2) is 4.79 Å². The zero-order valence-electron chi connectivity index (χ0n) is 10.7. The maximum absolute atomic E-state index is 10.0. The Labute approximate surface area is 97.0 Å². The molecule has 0 saturated carbocycles. The Balaban J connectivity index is 0. The SMILES string of the molecule is CC(C)(C)OC(N)=O.CC(C)CCC(=O)O. The normalized spacial score (nSPS) is 10.4. The number of amides is 1. The van der Waals surface area contributed by atoms with Gasteiger partial charge in [0.05, 0.1) is 0 Å². The van der Waals surface area contributed by atoms with E-state index in [0.29, 0.717) is 12.3 Å². The molecule has 5 heteroatoms. The molecule has 0 unspecified atom stereocenters. The molecular weight excluding hydrogens is 210 g/mol. The molecule has 3 N–H and O–H groups in total. The molecule has 0 aliphatic rings. The Kier molecular flexibility index (Phi) is 8.53. The minimum Gasteiger partial charge on any atom is -0.481 e. The Hall–Kier alpha value is -1.26. The van der Waals surface area contributed by atoms with Gasteiger partial charge in [-0.3, -0.25) is 4.79 Å². The molecule has 0 atom stereocenters. The number of hydrogen-bond acceptors (Lipinski definition) is 3. The van der Waals surface area contributed by atoms with E-state index in [1.54, 1.807) is 20.8 Å². The standard InChI is InChI=1S/C6H12O2.C5H11NO2/c1-5(2)3-4-6(7)8;1-5(2,3)8-4(6)7/h5H,3-4H2,1-2H3,(H,7,8);1-3H3,(H2,6,7). The highest BCUT2D eigenvalue weighted by Gasteiger charge is 2.12. The van der Waals surface area contributed by atoms with E-state index in [1.807, 2.05) is 13.8 Å². The summed E-state index contributed by atoms with van der Waals surface area (Å²) in [6.45, 7) is 9.32. The first-order valence-corrected chi connectivity index (χ1v) is 5.25. The molecule has 0 spiro atoms. The molecule has 5 nitrogen and oxygen atoms in total. The topological polar surface area (TPSA) is 89.6 Å². The first kappa shape index (κ1) is 17.1. The quantitative estimate of drug-likeness (QED) is 0.783. The molecule has 0 aliphatic carbocycles. The third-order valence-corrected chi connectivity index (χ3v) is 1.34. The third kappa shape index (κ3) is 23.0. The van der Waals surface area contributed by atoms with Gasteiger partial charge in [-0.1, -0.05) is 13.8 Å². The van der Waals surface area contributed by atoms with Crippen LogP contribution in [-0.4, -0.2) is 22.8 Å². The fourth-order valence-corrected chi connectivity index (χ4v) is 0.714. The number of aliphatic carboxylic acids is 1. The van der Waals surface area contributed by atoms with Crippen molar-refractivity contribution in [3.63, 3.8) is 0 Å². The van der Waals surface area contributed by atoms with Crippen LogP contribution in [0.3, 0.4) is 0 Å². The minimum atomic E-state index is -0.725. The molecule has 0 heterocycles. The first-order valence-electron chi connectivity index (χ1n) is 5.25. The second-order valence-corrected chi connectivity index (χ2v) is 4.86. The van der Waals surface area contributed by atoms with Crippen molar-refractivity contribution in [1.82, 2.24) is 0 Å². The van der Waals surface area contributed by atoms with Gasteiger partial charge < -0.3 is 15.6 Å². The van der Waals surface area contributed by atoms with E-state index in [4.69, 9.17) is 10.8 Å². The molecule has 0 aromatic heterocycles. The van der Waals surface area contributed by atoms with Crippen molar-refractivity contribution in [2.24, 2.45) is 11.7 Å². The van der Waals surface area contributed by atoms with Crippen molar-refractivity contribution in [2.45, 2.75) is 53.1 Å². The molecule has 1 amide bonds. The van der Waals surface area contributed by atoms with Crippen molar-refractivity contribution in [2.75, 3.05) is 0 Å². The summed E-state index contributed by atoms with van der Waals surface area (Å²) in [7, 11) is 0. The molecule has 0 aliphatic heterocycles. The van der Waals surface area contributed by atoms with Crippen molar-refractivity contribution < 1.29 is 19.4 Å². The van der Waals surface area contributed by atoms with Gasteiger partial charge in [0.1, 0.15) is 5.60 Å². The lowest BCUT2D eigenvalue weighted by Crippen LogP contribution is -2.27. The van der Waals surface area contributed by atoms with E-state index in [9.17, 15) is 9.59 Å². The fraction of sp³-hybridized carbons (Fsp3) is 0.818. The number of carboxylic acid groups (broad SMARTS) is 1. The minimum absolute atomic E-state index is 0.303. The Morgan fingerprint density at radius 2 is 1.75 bits per heavy atom. The number of ether oxygens (including phenoxy) is 1. The lowest BCUT2D eigenvalue weighted by atomic mass is 10.1. The highest BCUT2D eigenvalue weighted by atomic mass is 16.6. The Morgan fingerprint density at radius 1 is 1.31 bits per heavy atom. The van der Waals surface area contributed by atoms with E-state index in [2.05, 4.69) is 4.74 Å². The molecule has 0 aromatic rings. The molecule has 0 fully saturated rings. The van der Waals surface area contributed by atoms with Crippen LogP contribution in [0, 0.1) is 5.92 Å². The van der Waals surface area contributed by atoms with Crippen LogP contribution >= 0.6 is 0 Å². The van der Waals surface area contributed by atoms with E-state index in [1.165, 1.54) is 0 Å². The molecule has 0 rings (SSSR count). The van der Waals surface area contributed by atoms with Gasteiger partial charge in [-0.15, -0.1) is 0 Å². The maximum Gasteiger partial charge on any atom is 0.405 e. The summed E-state index contributed by atoms with van der Waals surface area (Å²) in [6.07, 6.45) is 0.366. The molecule has 0 radical (unpaired) electrons. The summed E-state index contributed by atoms with van der Waals surface area (Å²) < 4.78 is 4.58. The van der Waals surface area contributed by atoms with Crippen LogP contribution in [0.2, 0.25) is 0 Å². The summed E-state index contributed by atoms with van der Waals surface area (Å²) in [6, 6.07) is 0. The van der Waals surface area contributed by atoms with Crippen molar-refractivity contribution in [3.05, 3.63) is 0 Å². The van der Waals surface area contributed by atoms with Gasteiger partial charge in [-0.2, -0.15) is 0 Å². The number of rotatable bonds is 3. The van der Waals surface area contributed by atoms with Gasteiger partial charge in [0, 0.05) is 6.42 Å². The van der Waals surface area contributed by atoms with Crippen molar-refractivity contribution in [3.8, 4) is 0 Å². The van der Waals surface area contributed by atoms with E-state index in [-0.39, 0.29) is 0 Å². The zero-order chi connectivity index (χ0) is 13.4. The highest BCUT2D eigenvalue weighted by molar-refractivity contribution is 5.66. The number of carbonyl (C=O) groups is 2. The number of nitrogens with two attached hydrogens (primary N) is 1. The number of hydrogen-bond donors (Lipinski definition) is 2. The Bertz CT molecular complexity index is 219. The monoisotopic (exact) mass is 233 g/mol. The second-order valence-electron chi connectivity index (χ2n) is 4.86. The lowest BCUT2D eigenvalue weighted by molar-refractivity contribution is -0.137. The average Bonchev–Trinajstić information content (AvgIpc) is 1.96. The second kappa shape index (κ2) is 7.96. The largest absolute Gasteiger partial charge is 0.481 e. The summed E-state index contributed by atoms with van der Waals surface area (Å²) in [5.41, 5.74) is 4.26. The van der Waals surface area contributed by atoms with Crippen molar-refractivity contribution >= 4 is 12.1 Å². The zero-order valence-corrected chi connectivity index (χ0v) is 10.7. The lowest BCUT2D eigenvalue weighted by Gasteiger charge is -2.16. The van der Waals surface area contributed by atoms with Crippen molar-refractivity contribution in [1.29, 1.82) is 0 Å². The van der Waals surface area contributed by atoms with E-state index in [0.717, 1.165) is 6.42 Å². The third-order valence-electron chi connectivity index (χ3n) is 1.34. The summed E-state index contributed by atoms with van der Waals surface area (Å²) in [5, 5.41) is 8.16. The molecule has 0 saturated heterocycles. The van der Waals surface area contributed by atoms with E-state index < -0.39 is 17.7 Å². The summed E-state index contributed by atoms with van der Waals surface area (Å²) in [5.74, 6) is -0.190. The van der Waals surface area contributed by atoms with Crippen LogP contribution < -0.4 is 5.73 Å². The van der Waals surface area contributed by atoms with Gasteiger partial charge in [0.25, 0.3) is 0 Å². The van der Waals surface area contributed by atoms with Gasteiger partial charge in [-0.05, 0) is 33.1 Å². The molecular formula is C11H23NO4. The predicted octanol–water partition coefficient (Wildman–Crippen LogP) is 2.39. The summed E-state index contributed by atoms with van der Waals surface area (Å²) in [4.78, 5) is 19.9. The number of carboxylic acids is 1. The van der Waals surface area contributed by atoms with Gasteiger partial charge in [0.2, 0.25) is 0 Å². The molecule has 0 aromatic carbocycles. The van der Waals surface area contributed by atoms with Crippen LogP contribution in [0.5, 0.6) is 0 Å². The fourth-order valence-electron chi connectivity index (χ4n) is 0.714. The van der Waals surface area contributed by atoms with Gasteiger partial charge >= 0.3 is 12.1 Å². The smallest absolute Gasteiger partial charge is 0.405 e. The average molecular weight is 233 g/mol. The van der Waals surface area contributed by atoms with E-state index >= 15 is 0 Å². The van der Waals surface area contributed by atoms with Crippen LogP contribution in [0.15, 0.2) is 0 Å². The Morgan fingerprint density at radius 3 is 1.81 bits per heavy atom. The maximum atomic E-state index is 10.0. The van der Waals surface area contributed by atoms with Crippen LogP contribution in [-0.2, 0) is 9.53 Å². The molecule has 16 heavy (non-hydrogen) atoms.